The van der Waals surface area contributed by atoms with Gasteiger partial charge in [0.25, 0.3) is 0 Å². The first-order valence-electron chi connectivity index (χ1n) is 10.8. The molecule has 0 bridgehead atoms. The standard InChI is InChI=1S/C12H8ClF3N4O.C12H11ClN4O/c1-6-7(4-17)5-18-20(6)10-9(13)3-8(12(14,15)16)11(19-10)21-2;1-7-4-10(13)12(18-3)16-11(7)17-8(2)9(5-14)6-15-17/h3,5H,1-2H3;4,6H,1-3H3. The van der Waals surface area contributed by atoms with Gasteiger partial charge in [-0.1, -0.05) is 23.2 Å². The van der Waals surface area contributed by atoms with Crippen LogP contribution < -0.4 is 9.47 Å². The Kier molecular flexibility index (Phi) is 8.69. The molecule has 0 saturated heterocycles. The Morgan fingerprint density at radius 1 is 0.795 bits per heavy atom. The van der Waals surface area contributed by atoms with Crippen molar-refractivity contribution in [2.75, 3.05) is 14.2 Å². The van der Waals surface area contributed by atoms with E-state index in [9.17, 15) is 13.2 Å². The van der Waals surface area contributed by atoms with Crippen LogP contribution in [-0.2, 0) is 6.18 Å². The van der Waals surface area contributed by atoms with Crippen LogP contribution in [0.2, 0.25) is 10.0 Å². The Morgan fingerprint density at radius 2 is 1.28 bits per heavy atom. The van der Waals surface area contributed by atoms with Crippen molar-refractivity contribution in [3.8, 4) is 35.5 Å². The monoisotopic (exact) mass is 578 g/mol. The smallest absolute Gasteiger partial charge is 0.421 e. The summed E-state index contributed by atoms with van der Waals surface area (Å²) in [5, 5.41) is 26.0. The van der Waals surface area contributed by atoms with Crippen molar-refractivity contribution in [2.45, 2.75) is 26.9 Å². The third-order valence-electron chi connectivity index (χ3n) is 5.38. The molecule has 0 unspecified atom stereocenters. The van der Waals surface area contributed by atoms with Gasteiger partial charge in [0.15, 0.2) is 11.6 Å². The summed E-state index contributed by atoms with van der Waals surface area (Å²) in [6.45, 7) is 5.27. The van der Waals surface area contributed by atoms with Crippen molar-refractivity contribution in [1.82, 2.24) is 29.5 Å². The number of ether oxygens (including phenoxy) is 2. The maximum Gasteiger partial charge on any atom is 0.421 e. The second-order valence-electron chi connectivity index (χ2n) is 7.80. The molecule has 0 radical (unpaired) electrons. The normalized spacial score (nSPS) is 10.8. The molecule has 0 aromatic carbocycles. The van der Waals surface area contributed by atoms with Crippen molar-refractivity contribution >= 4 is 23.2 Å². The van der Waals surface area contributed by atoms with Gasteiger partial charge in [0.2, 0.25) is 11.8 Å². The molecule has 0 aliphatic carbocycles. The Balaban J connectivity index is 0.000000218. The van der Waals surface area contributed by atoms with Crippen molar-refractivity contribution in [2.24, 2.45) is 0 Å². The molecule has 15 heteroatoms. The highest BCUT2D eigenvalue weighted by atomic mass is 35.5. The second-order valence-corrected chi connectivity index (χ2v) is 8.62. The first-order chi connectivity index (χ1) is 18.4. The third kappa shape index (κ3) is 5.90. The number of nitriles is 2. The fourth-order valence-electron chi connectivity index (χ4n) is 3.35. The number of hydrogen-bond donors (Lipinski definition) is 0. The number of rotatable bonds is 4. The lowest BCUT2D eigenvalue weighted by Gasteiger charge is -2.14. The number of halogens is 5. The SMILES string of the molecule is COc1nc(-n2ncc(C#N)c2C)c(C)cc1Cl.COc1nc(-n2ncc(C#N)c2C)c(Cl)cc1C(F)(F)F. The zero-order valence-corrected chi connectivity index (χ0v) is 22.6. The minimum atomic E-state index is -4.64. The van der Waals surface area contributed by atoms with E-state index in [1.165, 1.54) is 24.2 Å². The quantitative estimate of drug-likeness (QED) is 0.308. The van der Waals surface area contributed by atoms with Crippen LogP contribution in [0.25, 0.3) is 11.6 Å². The molecular formula is C24H19Cl2F3N8O2. The molecule has 39 heavy (non-hydrogen) atoms. The number of pyridine rings is 2. The van der Waals surface area contributed by atoms with Crippen LogP contribution in [0.1, 0.15) is 33.6 Å². The molecule has 0 N–H and O–H groups in total. The predicted molar refractivity (Wildman–Crippen MR) is 134 cm³/mol. The van der Waals surface area contributed by atoms with Crippen LogP contribution in [0.3, 0.4) is 0 Å². The molecule has 0 aliphatic heterocycles. The second kappa shape index (κ2) is 11.6. The van der Waals surface area contributed by atoms with Crippen LogP contribution in [0.5, 0.6) is 11.8 Å². The van der Waals surface area contributed by atoms with E-state index in [0.29, 0.717) is 28.0 Å². The molecule has 10 nitrogen and oxygen atoms in total. The topological polar surface area (TPSA) is 127 Å². The summed E-state index contributed by atoms with van der Waals surface area (Å²) in [7, 11) is 2.58. The van der Waals surface area contributed by atoms with Gasteiger partial charge in [-0.3, -0.25) is 0 Å². The number of nitrogens with zero attached hydrogens (tertiary/aromatic N) is 8. The average molecular weight is 579 g/mol. The zero-order chi connectivity index (χ0) is 29.1. The molecule has 0 aliphatic rings. The van der Waals surface area contributed by atoms with Crippen LogP contribution in [0.4, 0.5) is 13.2 Å². The number of aromatic nitrogens is 6. The van der Waals surface area contributed by atoms with Gasteiger partial charge >= 0.3 is 6.18 Å². The highest BCUT2D eigenvalue weighted by Gasteiger charge is 2.36. The van der Waals surface area contributed by atoms with Crippen LogP contribution >= 0.6 is 23.2 Å². The number of aryl methyl sites for hydroxylation is 1. The summed E-state index contributed by atoms with van der Waals surface area (Å²) in [6.07, 6.45) is -1.85. The summed E-state index contributed by atoms with van der Waals surface area (Å²) < 4.78 is 51.1. The van der Waals surface area contributed by atoms with Crippen molar-refractivity contribution in [3.63, 3.8) is 0 Å². The molecule has 0 amide bonds. The van der Waals surface area contributed by atoms with Gasteiger partial charge in [-0.25, -0.2) is 9.36 Å². The van der Waals surface area contributed by atoms with Crippen molar-refractivity contribution in [3.05, 3.63) is 68.2 Å². The molecule has 0 spiro atoms. The van der Waals surface area contributed by atoms with Gasteiger partial charge in [0.05, 0.1) is 54.2 Å². The maximum atomic E-state index is 12.8. The first-order valence-corrected chi connectivity index (χ1v) is 11.6. The molecular weight excluding hydrogens is 560 g/mol. The third-order valence-corrected chi connectivity index (χ3v) is 5.93. The van der Waals surface area contributed by atoms with Gasteiger partial charge in [-0.2, -0.15) is 43.9 Å². The van der Waals surface area contributed by atoms with Crippen molar-refractivity contribution in [1.29, 1.82) is 10.5 Å². The van der Waals surface area contributed by atoms with Gasteiger partial charge in [0.1, 0.15) is 22.7 Å². The Labute approximate surface area is 230 Å². The molecule has 0 fully saturated rings. The number of hydrogen-bond acceptors (Lipinski definition) is 8. The molecule has 4 heterocycles. The van der Waals surface area contributed by atoms with Gasteiger partial charge in [0, 0.05) is 0 Å². The fraction of sp³-hybridized carbons (Fsp3) is 0.250. The van der Waals surface area contributed by atoms with E-state index in [1.807, 2.05) is 19.9 Å². The van der Waals surface area contributed by atoms with Crippen LogP contribution in [-0.4, -0.2) is 43.7 Å². The predicted octanol–water partition coefficient (Wildman–Crippen LogP) is 5.55. The fourth-order valence-corrected chi connectivity index (χ4v) is 3.86. The van der Waals surface area contributed by atoms with E-state index in [0.717, 1.165) is 24.4 Å². The Morgan fingerprint density at radius 3 is 1.72 bits per heavy atom. The van der Waals surface area contributed by atoms with E-state index in [2.05, 4.69) is 31.0 Å². The Hall–Kier alpha value is -4.33. The van der Waals surface area contributed by atoms with E-state index < -0.39 is 17.6 Å². The van der Waals surface area contributed by atoms with Crippen LogP contribution in [0.15, 0.2) is 24.5 Å². The van der Waals surface area contributed by atoms with E-state index >= 15 is 0 Å². The van der Waals surface area contributed by atoms with Gasteiger partial charge in [-0.05, 0) is 38.5 Å². The lowest BCUT2D eigenvalue weighted by Crippen LogP contribution is -2.12. The molecule has 4 aromatic rings. The molecule has 0 atom stereocenters. The zero-order valence-electron chi connectivity index (χ0n) is 21.1. The molecule has 4 rings (SSSR count). The Bertz CT molecular complexity index is 1620. The van der Waals surface area contributed by atoms with E-state index in [4.69, 9.17) is 38.5 Å². The summed E-state index contributed by atoms with van der Waals surface area (Å²) in [4.78, 5) is 8.06. The van der Waals surface area contributed by atoms with Gasteiger partial charge in [-0.15, -0.1) is 0 Å². The maximum absolute atomic E-state index is 12.8. The lowest BCUT2D eigenvalue weighted by atomic mass is 10.2. The number of alkyl halides is 3. The van der Waals surface area contributed by atoms with Crippen molar-refractivity contribution < 1.29 is 22.6 Å². The summed E-state index contributed by atoms with van der Waals surface area (Å²) in [6, 6.07) is 6.46. The first kappa shape index (κ1) is 29.2. The molecule has 0 saturated carbocycles. The minimum Gasteiger partial charge on any atom is -0.481 e. The summed E-state index contributed by atoms with van der Waals surface area (Å²) >= 11 is 11.9. The number of methoxy groups -OCH3 is 2. The minimum absolute atomic E-state index is 0.0412. The highest BCUT2D eigenvalue weighted by molar-refractivity contribution is 6.32. The largest absolute Gasteiger partial charge is 0.481 e. The lowest BCUT2D eigenvalue weighted by molar-refractivity contribution is -0.139. The highest BCUT2D eigenvalue weighted by Crippen LogP contribution is 2.38. The van der Waals surface area contributed by atoms with Gasteiger partial charge < -0.3 is 9.47 Å². The summed E-state index contributed by atoms with van der Waals surface area (Å²) in [5.41, 5.74) is 1.71. The average Bonchev–Trinajstić information content (AvgIpc) is 3.45. The van der Waals surface area contributed by atoms with E-state index in [1.54, 1.807) is 17.7 Å². The molecule has 202 valence electrons. The van der Waals surface area contributed by atoms with E-state index in [-0.39, 0.29) is 16.4 Å². The molecule has 4 aromatic heterocycles. The van der Waals surface area contributed by atoms with Crippen LogP contribution in [0, 0.1) is 43.4 Å². The summed E-state index contributed by atoms with van der Waals surface area (Å²) in [5.74, 6) is 0.289.